The van der Waals surface area contributed by atoms with Gasteiger partial charge in [0.1, 0.15) is 0 Å². The van der Waals surface area contributed by atoms with E-state index in [0.29, 0.717) is 12.6 Å². The second-order valence-corrected chi connectivity index (χ2v) is 5.33. The van der Waals surface area contributed by atoms with Crippen LogP contribution < -0.4 is 5.32 Å². The minimum Gasteiger partial charge on any atom is -0.307 e. The van der Waals surface area contributed by atoms with Crippen molar-refractivity contribution in [2.75, 3.05) is 40.3 Å². The van der Waals surface area contributed by atoms with Gasteiger partial charge in [-0.15, -0.1) is 0 Å². The summed E-state index contributed by atoms with van der Waals surface area (Å²) in [5.41, 5.74) is 0. The fourth-order valence-electron chi connectivity index (χ4n) is 2.39. The van der Waals surface area contributed by atoms with Crippen molar-refractivity contribution >= 4 is 0 Å². The van der Waals surface area contributed by atoms with E-state index in [1.54, 1.807) is 0 Å². The van der Waals surface area contributed by atoms with Crippen LogP contribution in [0.1, 0.15) is 19.8 Å². The van der Waals surface area contributed by atoms with Crippen molar-refractivity contribution in [1.82, 2.24) is 15.1 Å². The Bertz CT molecular complexity index is 235. The Morgan fingerprint density at radius 1 is 1.28 bits per heavy atom. The second-order valence-electron chi connectivity index (χ2n) is 5.33. The van der Waals surface area contributed by atoms with Gasteiger partial charge in [0.15, 0.2) is 0 Å². The fourth-order valence-corrected chi connectivity index (χ4v) is 2.39. The molecule has 1 heterocycles. The quantitative estimate of drug-likeness (QED) is 0.815. The highest BCUT2D eigenvalue weighted by Gasteiger charge is 2.28. The van der Waals surface area contributed by atoms with Gasteiger partial charge in [-0.2, -0.15) is 13.2 Å². The number of alkyl halides is 3. The number of nitrogens with zero attached hydrogens (tertiary/aromatic N) is 2. The number of likely N-dealkylation sites (tertiary alicyclic amines) is 1. The van der Waals surface area contributed by atoms with E-state index in [4.69, 9.17) is 0 Å². The highest BCUT2D eigenvalue weighted by molar-refractivity contribution is 4.80. The van der Waals surface area contributed by atoms with Crippen LogP contribution in [0.3, 0.4) is 0 Å². The molecular formula is C12H24F3N3. The maximum Gasteiger partial charge on any atom is 0.401 e. The molecule has 1 atom stereocenters. The van der Waals surface area contributed by atoms with E-state index in [0.717, 1.165) is 25.9 Å². The average Bonchev–Trinajstić information content (AvgIpc) is 2.27. The van der Waals surface area contributed by atoms with E-state index in [9.17, 15) is 13.2 Å². The highest BCUT2D eigenvalue weighted by Crippen LogP contribution is 2.16. The molecule has 1 aliphatic heterocycles. The molecule has 0 aliphatic carbocycles. The zero-order valence-electron chi connectivity index (χ0n) is 11.4. The molecule has 0 amide bonds. The Hall–Kier alpha value is -0.330. The SMILES string of the molecule is CC(CNCC(F)(F)F)N1CCC(N(C)C)CC1. The molecule has 1 aliphatic rings. The van der Waals surface area contributed by atoms with Crippen molar-refractivity contribution in [2.24, 2.45) is 0 Å². The van der Waals surface area contributed by atoms with Gasteiger partial charge in [-0.25, -0.2) is 0 Å². The van der Waals surface area contributed by atoms with Gasteiger partial charge in [0.05, 0.1) is 6.54 Å². The molecule has 3 nitrogen and oxygen atoms in total. The van der Waals surface area contributed by atoms with Gasteiger partial charge in [0.25, 0.3) is 0 Å². The molecule has 18 heavy (non-hydrogen) atoms. The molecule has 0 spiro atoms. The predicted molar refractivity (Wildman–Crippen MR) is 66.7 cm³/mol. The molecule has 0 aromatic carbocycles. The topological polar surface area (TPSA) is 18.5 Å². The van der Waals surface area contributed by atoms with Crippen LogP contribution in [-0.2, 0) is 0 Å². The van der Waals surface area contributed by atoms with Gasteiger partial charge in [0, 0.05) is 18.6 Å². The molecule has 0 aromatic rings. The summed E-state index contributed by atoms with van der Waals surface area (Å²) in [5.74, 6) is 0. The van der Waals surface area contributed by atoms with Crippen LogP contribution in [0.5, 0.6) is 0 Å². The summed E-state index contributed by atoms with van der Waals surface area (Å²) < 4.78 is 36.0. The van der Waals surface area contributed by atoms with E-state index in [-0.39, 0.29) is 6.04 Å². The number of halogens is 3. The van der Waals surface area contributed by atoms with Crippen molar-refractivity contribution in [1.29, 1.82) is 0 Å². The number of hydrogen-bond acceptors (Lipinski definition) is 3. The van der Waals surface area contributed by atoms with Crippen LogP contribution in [-0.4, -0.2) is 68.3 Å². The summed E-state index contributed by atoms with van der Waals surface area (Å²) in [7, 11) is 4.16. The summed E-state index contributed by atoms with van der Waals surface area (Å²) in [5, 5.41) is 2.48. The Balaban J connectivity index is 2.22. The molecule has 1 rings (SSSR count). The van der Waals surface area contributed by atoms with Crippen LogP contribution in [0.25, 0.3) is 0 Å². The van der Waals surface area contributed by atoms with Gasteiger partial charge in [0.2, 0.25) is 0 Å². The highest BCUT2D eigenvalue weighted by atomic mass is 19.4. The standard InChI is InChI=1S/C12H24F3N3/c1-10(8-16-9-12(13,14)15)18-6-4-11(5-7-18)17(2)3/h10-11,16H,4-9H2,1-3H3. The maximum absolute atomic E-state index is 12.0. The molecule has 6 heteroatoms. The van der Waals surface area contributed by atoms with Crippen molar-refractivity contribution in [3.63, 3.8) is 0 Å². The molecule has 0 bridgehead atoms. The first-order valence-electron chi connectivity index (χ1n) is 6.47. The monoisotopic (exact) mass is 267 g/mol. The smallest absolute Gasteiger partial charge is 0.307 e. The Kier molecular flexibility index (Phi) is 5.88. The molecular weight excluding hydrogens is 243 g/mol. The van der Waals surface area contributed by atoms with Crippen molar-refractivity contribution in [3.05, 3.63) is 0 Å². The van der Waals surface area contributed by atoms with Crippen molar-refractivity contribution < 1.29 is 13.2 Å². The van der Waals surface area contributed by atoms with E-state index in [1.807, 2.05) is 6.92 Å². The first-order valence-corrected chi connectivity index (χ1v) is 6.47. The number of rotatable bonds is 5. The minimum atomic E-state index is -4.11. The lowest BCUT2D eigenvalue weighted by molar-refractivity contribution is -0.125. The van der Waals surface area contributed by atoms with Gasteiger partial charge in [-0.1, -0.05) is 0 Å². The number of nitrogens with one attached hydrogen (secondary N) is 1. The molecule has 1 N–H and O–H groups in total. The normalized spacial score (nSPS) is 21.5. The minimum absolute atomic E-state index is 0.162. The molecule has 1 saturated heterocycles. The summed E-state index contributed by atoms with van der Waals surface area (Å²) in [4.78, 5) is 4.49. The van der Waals surface area contributed by atoms with Crippen LogP contribution in [0.15, 0.2) is 0 Å². The zero-order valence-corrected chi connectivity index (χ0v) is 11.4. The molecule has 1 fully saturated rings. The largest absolute Gasteiger partial charge is 0.401 e. The average molecular weight is 267 g/mol. The lowest BCUT2D eigenvalue weighted by Gasteiger charge is -2.38. The van der Waals surface area contributed by atoms with Crippen LogP contribution in [0, 0.1) is 0 Å². The Morgan fingerprint density at radius 3 is 2.28 bits per heavy atom. The van der Waals surface area contributed by atoms with E-state index < -0.39 is 12.7 Å². The van der Waals surface area contributed by atoms with E-state index >= 15 is 0 Å². The third-order valence-electron chi connectivity index (χ3n) is 3.62. The zero-order chi connectivity index (χ0) is 13.8. The van der Waals surface area contributed by atoms with E-state index in [2.05, 4.69) is 29.2 Å². The number of hydrogen-bond donors (Lipinski definition) is 1. The number of piperidine rings is 1. The Labute approximate surface area is 107 Å². The third-order valence-corrected chi connectivity index (χ3v) is 3.62. The molecule has 1 unspecified atom stereocenters. The molecule has 0 saturated carbocycles. The lowest BCUT2D eigenvalue weighted by atomic mass is 10.0. The Morgan fingerprint density at radius 2 is 1.83 bits per heavy atom. The third kappa shape index (κ3) is 5.54. The molecule has 0 aromatic heterocycles. The van der Waals surface area contributed by atoms with Crippen molar-refractivity contribution in [3.8, 4) is 0 Å². The summed E-state index contributed by atoms with van der Waals surface area (Å²) in [6.07, 6.45) is -1.93. The van der Waals surface area contributed by atoms with Crippen molar-refractivity contribution in [2.45, 2.75) is 38.0 Å². The van der Waals surface area contributed by atoms with E-state index in [1.165, 1.54) is 0 Å². The van der Waals surface area contributed by atoms with Gasteiger partial charge in [-0.3, -0.25) is 4.90 Å². The second kappa shape index (κ2) is 6.73. The summed E-state index contributed by atoms with van der Waals surface area (Å²) in [6, 6.07) is 0.770. The van der Waals surface area contributed by atoms with Crippen LogP contribution >= 0.6 is 0 Å². The predicted octanol–water partition coefficient (Wildman–Crippen LogP) is 1.55. The fraction of sp³-hybridized carbons (Fsp3) is 1.00. The summed E-state index contributed by atoms with van der Waals surface area (Å²) >= 11 is 0. The van der Waals surface area contributed by atoms with Gasteiger partial charge >= 0.3 is 6.18 Å². The molecule has 0 radical (unpaired) electrons. The first-order chi connectivity index (χ1) is 8.29. The van der Waals surface area contributed by atoms with Gasteiger partial charge in [-0.05, 0) is 47.0 Å². The maximum atomic E-state index is 12.0. The lowest BCUT2D eigenvalue weighted by Crippen LogP contribution is -2.49. The van der Waals surface area contributed by atoms with Crippen LogP contribution in [0.2, 0.25) is 0 Å². The van der Waals surface area contributed by atoms with Crippen LogP contribution in [0.4, 0.5) is 13.2 Å². The summed E-state index contributed by atoms with van der Waals surface area (Å²) in [6.45, 7) is 3.42. The molecule has 108 valence electrons. The first kappa shape index (κ1) is 15.7. The van der Waals surface area contributed by atoms with Gasteiger partial charge < -0.3 is 10.2 Å².